The van der Waals surface area contributed by atoms with E-state index in [2.05, 4.69) is 10.2 Å². The summed E-state index contributed by atoms with van der Waals surface area (Å²) in [4.78, 5) is 12.7. The number of hydrogen-bond donors (Lipinski definition) is 2. The van der Waals surface area contributed by atoms with Crippen LogP contribution in [-0.4, -0.2) is 47.2 Å². The molecule has 0 saturated carbocycles. The summed E-state index contributed by atoms with van der Waals surface area (Å²) in [6.45, 7) is 0.351. The van der Waals surface area contributed by atoms with E-state index in [-0.39, 0.29) is 0 Å². The average molecular weight is 262 g/mol. The maximum absolute atomic E-state index is 10.9. The molecule has 0 bridgehead atoms. The first kappa shape index (κ1) is 13.2. The number of anilines is 1. The van der Waals surface area contributed by atoms with Crippen LogP contribution in [0.2, 0.25) is 0 Å². The number of aromatic nitrogens is 2. The van der Waals surface area contributed by atoms with Crippen molar-refractivity contribution in [3.63, 3.8) is 0 Å². The van der Waals surface area contributed by atoms with Crippen LogP contribution in [0.4, 0.5) is 5.13 Å². The zero-order chi connectivity index (χ0) is 12.1. The molecule has 0 aliphatic rings. The van der Waals surface area contributed by atoms with Crippen LogP contribution in [0.3, 0.4) is 0 Å². The van der Waals surface area contributed by atoms with Gasteiger partial charge in [-0.05, 0) is 13.0 Å². The van der Waals surface area contributed by atoms with Gasteiger partial charge in [-0.2, -0.15) is 0 Å². The summed E-state index contributed by atoms with van der Waals surface area (Å²) in [5.74, 6) is -0.864. The van der Waals surface area contributed by atoms with E-state index in [1.807, 2.05) is 19.0 Å². The number of rotatable bonds is 6. The van der Waals surface area contributed by atoms with Crippen LogP contribution in [0.25, 0.3) is 0 Å². The monoisotopic (exact) mass is 262 g/mol. The van der Waals surface area contributed by atoms with E-state index >= 15 is 0 Å². The van der Waals surface area contributed by atoms with Gasteiger partial charge in [0, 0.05) is 14.1 Å². The molecule has 1 heterocycles. The van der Waals surface area contributed by atoms with Crippen molar-refractivity contribution in [3.8, 4) is 0 Å². The van der Waals surface area contributed by atoms with Crippen LogP contribution in [-0.2, 0) is 4.79 Å². The van der Waals surface area contributed by atoms with Gasteiger partial charge in [-0.3, -0.25) is 4.79 Å². The van der Waals surface area contributed by atoms with Crippen molar-refractivity contribution in [2.24, 2.45) is 5.73 Å². The SMILES string of the molecule is CN(C)c1nnc(SC(CCN)C(=O)O)s1. The lowest BCUT2D eigenvalue weighted by Crippen LogP contribution is -2.20. The molecular formula is C8H14N4O2S2. The maximum Gasteiger partial charge on any atom is 0.317 e. The van der Waals surface area contributed by atoms with Gasteiger partial charge in [-0.15, -0.1) is 10.2 Å². The van der Waals surface area contributed by atoms with Crippen molar-refractivity contribution < 1.29 is 9.90 Å². The van der Waals surface area contributed by atoms with E-state index in [1.54, 1.807) is 0 Å². The average Bonchev–Trinajstić information content (AvgIpc) is 2.65. The van der Waals surface area contributed by atoms with Gasteiger partial charge in [-0.25, -0.2) is 0 Å². The quantitative estimate of drug-likeness (QED) is 0.721. The first-order valence-electron chi connectivity index (χ1n) is 4.65. The smallest absolute Gasteiger partial charge is 0.317 e. The predicted molar refractivity (Wildman–Crippen MR) is 65.2 cm³/mol. The second-order valence-corrected chi connectivity index (χ2v) is 5.67. The molecule has 1 aromatic heterocycles. The topological polar surface area (TPSA) is 92.3 Å². The lowest BCUT2D eigenvalue weighted by Gasteiger charge is -2.07. The Bertz CT molecular complexity index is 356. The zero-order valence-electron chi connectivity index (χ0n) is 9.08. The number of carboxylic acid groups (broad SMARTS) is 1. The number of hydrogen-bond acceptors (Lipinski definition) is 7. The van der Waals surface area contributed by atoms with E-state index in [0.29, 0.717) is 17.3 Å². The fourth-order valence-electron chi connectivity index (χ4n) is 0.937. The molecule has 16 heavy (non-hydrogen) atoms. The molecule has 0 aliphatic heterocycles. The van der Waals surface area contributed by atoms with Gasteiger partial charge in [0.1, 0.15) is 5.25 Å². The van der Waals surface area contributed by atoms with Gasteiger partial charge >= 0.3 is 5.97 Å². The summed E-state index contributed by atoms with van der Waals surface area (Å²) in [5, 5.41) is 17.0. The highest BCUT2D eigenvalue weighted by molar-refractivity contribution is 8.02. The Morgan fingerprint density at radius 3 is 2.75 bits per heavy atom. The Balaban J connectivity index is 2.66. The van der Waals surface area contributed by atoms with Crippen molar-refractivity contribution in [3.05, 3.63) is 0 Å². The molecule has 3 N–H and O–H groups in total. The van der Waals surface area contributed by atoms with Crippen molar-refractivity contribution in [2.45, 2.75) is 16.0 Å². The van der Waals surface area contributed by atoms with Gasteiger partial charge in [0.15, 0.2) is 4.34 Å². The van der Waals surface area contributed by atoms with Crippen LogP contribution in [0.1, 0.15) is 6.42 Å². The highest BCUT2D eigenvalue weighted by atomic mass is 32.2. The summed E-state index contributed by atoms with van der Waals surface area (Å²) in [7, 11) is 3.73. The molecule has 6 nitrogen and oxygen atoms in total. The van der Waals surface area contributed by atoms with Crippen LogP contribution in [0.15, 0.2) is 4.34 Å². The minimum atomic E-state index is -0.864. The number of nitrogens with two attached hydrogens (primary N) is 1. The maximum atomic E-state index is 10.9. The molecule has 0 radical (unpaired) electrons. The second kappa shape index (κ2) is 6.02. The Hall–Kier alpha value is -0.860. The number of nitrogens with zero attached hydrogens (tertiary/aromatic N) is 3. The molecule has 1 rings (SSSR count). The Kier molecular flexibility index (Phi) is 4.97. The third-order valence-corrected chi connectivity index (χ3v) is 4.16. The first-order valence-corrected chi connectivity index (χ1v) is 6.34. The van der Waals surface area contributed by atoms with E-state index in [1.165, 1.54) is 23.1 Å². The van der Waals surface area contributed by atoms with Crippen LogP contribution >= 0.6 is 23.1 Å². The molecule has 1 atom stereocenters. The van der Waals surface area contributed by atoms with Crippen LogP contribution < -0.4 is 10.6 Å². The van der Waals surface area contributed by atoms with Gasteiger partial charge < -0.3 is 15.7 Å². The molecule has 0 aliphatic carbocycles. The van der Waals surface area contributed by atoms with Crippen LogP contribution in [0.5, 0.6) is 0 Å². The summed E-state index contributed by atoms with van der Waals surface area (Å²) in [6, 6.07) is 0. The molecule has 90 valence electrons. The van der Waals surface area contributed by atoms with Crippen molar-refractivity contribution in [2.75, 3.05) is 25.5 Å². The van der Waals surface area contributed by atoms with E-state index in [9.17, 15) is 4.79 Å². The molecule has 0 aromatic carbocycles. The molecule has 1 aromatic rings. The number of aliphatic carboxylic acids is 1. The third-order valence-electron chi connectivity index (χ3n) is 1.73. The third kappa shape index (κ3) is 3.62. The molecule has 0 saturated heterocycles. The van der Waals surface area contributed by atoms with Gasteiger partial charge in [0.2, 0.25) is 5.13 Å². The van der Waals surface area contributed by atoms with E-state index in [4.69, 9.17) is 10.8 Å². The number of carboxylic acids is 1. The standard InChI is InChI=1S/C8H14N4O2S2/c1-12(2)7-10-11-8(16-7)15-5(3-4-9)6(13)14/h5H,3-4,9H2,1-2H3,(H,13,14). The number of carbonyl (C=O) groups is 1. The van der Waals surface area contributed by atoms with E-state index < -0.39 is 11.2 Å². The minimum absolute atomic E-state index is 0.351. The first-order chi connectivity index (χ1) is 7.54. The molecule has 8 heteroatoms. The van der Waals surface area contributed by atoms with Gasteiger partial charge in [0.25, 0.3) is 0 Å². The zero-order valence-corrected chi connectivity index (χ0v) is 10.7. The van der Waals surface area contributed by atoms with Gasteiger partial charge in [0.05, 0.1) is 0 Å². The van der Waals surface area contributed by atoms with Gasteiger partial charge in [-0.1, -0.05) is 23.1 Å². The second-order valence-electron chi connectivity index (χ2n) is 3.27. The number of thioether (sulfide) groups is 1. The Labute approximate surface area is 102 Å². The highest BCUT2D eigenvalue weighted by Crippen LogP contribution is 2.31. The summed E-state index contributed by atoms with van der Waals surface area (Å²) < 4.78 is 0.657. The molecule has 1 unspecified atom stereocenters. The largest absolute Gasteiger partial charge is 0.480 e. The van der Waals surface area contributed by atoms with Crippen molar-refractivity contribution in [1.29, 1.82) is 0 Å². The Morgan fingerprint density at radius 2 is 2.31 bits per heavy atom. The fourth-order valence-corrected chi connectivity index (χ4v) is 2.89. The molecular weight excluding hydrogens is 248 g/mol. The lowest BCUT2D eigenvalue weighted by molar-refractivity contribution is -0.136. The lowest BCUT2D eigenvalue weighted by atomic mass is 10.3. The molecule has 0 spiro atoms. The predicted octanol–water partition coefficient (Wildman–Crippen LogP) is 0.498. The van der Waals surface area contributed by atoms with E-state index in [0.717, 1.165) is 5.13 Å². The molecule has 0 fully saturated rings. The summed E-state index contributed by atoms with van der Waals surface area (Å²) >= 11 is 2.57. The minimum Gasteiger partial charge on any atom is -0.480 e. The van der Waals surface area contributed by atoms with Crippen molar-refractivity contribution >= 4 is 34.2 Å². The fraction of sp³-hybridized carbons (Fsp3) is 0.625. The normalized spacial score (nSPS) is 12.4. The molecule has 0 amide bonds. The van der Waals surface area contributed by atoms with Crippen molar-refractivity contribution in [1.82, 2.24) is 10.2 Å². The summed E-state index contributed by atoms with van der Waals surface area (Å²) in [6.07, 6.45) is 0.427. The Morgan fingerprint density at radius 1 is 1.62 bits per heavy atom. The highest BCUT2D eigenvalue weighted by Gasteiger charge is 2.20. The van der Waals surface area contributed by atoms with Crippen LogP contribution in [0, 0.1) is 0 Å². The summed E-state index contributed by atoms with van der Waals surface area (Å²) in [5.41, 5.74) is 5.36.